The third-order valence-corrected chi connectivity index (χ3v) is 4.52. The van der Waals surface area contributed by atoms with Crippen molar-refractivity contribution >= 4 is 11.6 Å². The number of hydrogen-bond donors (Lipinski definition) is 3. The van der Waals surface area contributed by atoms with Gasteiger partial charge >= 0.3 is 5.91 Å². The normalized spacial score (nSPS) is 26.3. The van der Waals surface area contributed by atoms with Crippen LogP contribution in [0.2, 0.25) is 0 Å². The lowest BCUT2D eigenvalue weighted by atomic mass is 10.1. The Bertz CT molecular complexity index is 712. The number of benzene rings is 1. The van der Waals surface area contributed by atoms with E-state index in [4.69, 9.17) is 10.2 Å². The summed E-state index contributed by atoms with van der Waals surface area (Å²) in [5.41, 5.74) is 7.22. The van der Waals surface area contributed by atoms with Gasteiger partial charge in [0.05, 0.1) is 6.20 Å². The van der Waals surface area contributed by atoms with E-state index in [9.17, 15) is 4.79 Å². The van der Waals surface area contributed by atoms with Gasteiger partial charge in [0.25, 0.3) is 5.89 Å². The first-order valence-electron chi connectivity index (χ1n) is 7.55. The van der Waals surface area contributed by atoms with E-state index in [-0.39, 0.29) is 17.8 Å². The van der Waals surface area contributed by atoms with Crippen molar-refractivity contribution in [3.63, 3.8) is 0 Å². The lowest BCUT2D eigenvalue weighted by molar-refractivity contribution is 0.0894. The van der Waals surface area contributed by atoms with E-state index >= 15 is 0 Å². The summed E-state index contributed by atoms with van der Waals surface area (Å²) in [5.74, 6) is 1.07. The molecule has 4 rings (SSSR count). The Morgan fingerprint density at radius 2 is 2.32 bits per heavy atom. The number of nitrogen functional groups attached to an aromatic ring is 1. The van der Waals surface area contributed by atoms with Gasteiger partial charge in [-0.2, -0.15) is 0 Å². The predicted octanol–water partition coefficient (Wildman–Crippen LogP) is 1.40. The summed E-state index contributed by atoms with van der Waals surface area (Å²) in [4.78, 5) is 16.4. The molecule has 0 radical (unpaired) electrons. The van der Waals surface area contributed by atoms with E-state index in [0.717, 1.165) is 24.9 Å². The third-order valence-electron chi connectivity index (χ3n) is 4.52. The second-order valence-electron chi connectivity index (χ2n) is 6.09. The first kappa shape index (κ1) is 13.3. The molecule has 0 spiro atoms. The van der Waals surface area contributed by atoms with Crippen LogP contribution in [-0.4, -0.2) is 29.5 Å². The van der Waals surface area contributed by atoms with Gasteiger partial charge in [-0.05, 0) is 37.4 Å². The van der Waals surface area contributed by atoms with Gasteiger partial charge in [0.15, 0.2) is 5.76 Å². The first-order valence-corrected chi connectivity index (χ1v) is 7.55. The molecule has 1 saturated heterocycles. The number of carbonyl (C=O) groups excluding carboxylic acids is 1. The van der Waals surface area contributed by atoms with Crippen LogP contribution >= 0.6 is 0 Å². The molecule has 2 heterocycles. The van der Waals surface area contributed by atoms with Crippen molar-refractivity contribution in [3.8, 4) is 11.3 Å². The van der Waals surface area contributed by atoms with Crippen LogP contribution in [0.3, 0.4) is 0 Å². The van der Waals surface area contributed by atoms with Gasteiger partial charge in [-0.3, -0.25) is 4.79 Å². The van der Waals surface area contributed by atoms with Crippen molar-refractivity contribution in [1.29, 1.82) is 0 Å². The number of fused-ring (bicyclic) bond motifs is 2. The molecule has 1 aliphatic heterocycles. The fourth-order valence-electron chi connectivity index (χ4n) is 3.45. The second kappa shape index (κ2) is 5.14. The highest BCUT2D eigenvalue weighted by molar-refractivity contribution is 5.90. The van der Waals surface area contributed by atoms with Crippen LogP contribution in [-0.2, 0) is 0 Å². The molecule has 1 aliphatic carbocycles. The van der Waals surface area contributed by atoms with Gasteiger partial charge in [-0.1, -0.05) is 12.1 Å². The zero-order chi connectivity index (χ0) is 15.1. The van der Waals surface area contributed by atoms with E-state index in [1.165, 1.54) is 0 Å². The molecule has 6 heteroatoms. The number of nitrogens with zero attached hydrogens (tertiary/aromatic N) is 1. The first-order chi connectivity index (χ1) is 10.7. The number of aromatic nitrogens is 1. The summed E-state index contributed by atoms with van der Waals surface area (Å²) < 4.78 is 5.58. The smallest absolute Gasteiger partial charge is 0.307 e. The van der Waals surface area contributed by atoms with Gasteiger partial charge < -0.3 is 20.8 Å². The van der Waals surface area contributed by atoms with Gasteiger partial charge in [0, 0.05) is 23.3 Å². The molecule has 1 amide bonds. The van der Waals surface area contributed by atoms with Crippen LogP contribution in [0.15, 0.2) is 34.9 Å². The summed E-state index contributed by atoms with van der Waals surface area (Å²) in [7, 11) is 0. The van der Waals surface area contributed by atoms with E-state index in [1.807, 2.05) is 12.1 Å². The highest BCUT2D eigenvalue weighted by Crippen LogP contribution is 2.31. The maximum absolute atomic E-state index is 12.3. The number of nitrogens with one attached hydrogen (secondary N) is 2. The van der Waals surface area contributed by atoms with Crippen molar-refractivity contribution in [2.75, 3.05) is 12.3 Å². The van der Waals surface area contributed by atoms with Gasteiger partial charge in [-0.15, -0.1) is 0 Å². The van der Waals surface area contributed by atoms with Crippen LogP contribution in [0.5, 0.6) is 0 Å². The Morgan fingerprint density at radius 1 is 1.41 bits per heavy atom. The molecule has 6 nitrogen and oxygen atoms in total. The standard InChI is InChI=1S/C16H18N4O2/c17-11-3-1-2-10(6-11)14-8-19-16(22-14)15(21)20-13-5-9-4-12(13)18-7-9/h1-3,6,8-9,12-13,18H,4-5,7,17H2,(H,20,21). The number of piperidine rings is 1. The number of carbonyl (C=O) groups is 1. The molecule has 1 aromatic heterocycles. The summed E-state index contributed by atoms with van der Waals surface area (Å²) in [6, 6.07) is 7.87. The topological polar surface area (TPSA) is 93.2 Å². The molecule has 2 bridgehead atoms. The number of oxazole rings is 1. The lowest BCUT2D eigenvalue weighted by Crippen LogP contribution is -2.48. The van der Waals surface area contributed by atoms with Crippen LogP contribution in [0.4, 0.5) is 5.69 Å². The summed E-state index contributed by atoms with van der Waals surface area (Å²) >= 11 is 0. The van der Waals surface area contributed by atoms with Crippen molar-refractivity contribution < 1.29 is 9.21 Å². The minimum atomic E-state index is -0.255. The molecule has 1 aromatic carbocycles. The summed E-state index contributed by atoms with van der Waals surface area (Å²) in [5, 5.41) is 6.44. The van der Waals surface area contributed by atoms with E-state index in [1.54, 1.807) is 18.3 Å². The zero-order valence-corrected chi connectivity index (χ0v) is 12.1. The van der Waals surface area contributed by atoms with Crippen LogP contribution in [0.25, 0.3) is 11.3 Å². The highest BCUT2D eigenvalue weighted by atomic mass is 16.4. The zero-order valence-electron chi connectivity index (χ0n) is 12.1. The fourth-order valence-corrected chi connectivity index (χ4v) is 3.45. The molecule has 2 fully saturated rings. The Hall–Kier alpha value is -2.34. The molecule has 2 aliphatic rings. The largest absolute Gasteiger partial charge is 0.432 e. The van der Waals surface area contributed by atoms with Gasteiger partial charge in [0.1, 0.15) is 0 Å². The monoisotopic (exact) mass is 298 g/mol. The Balaban J connectivity index is 1.48. The quantitative estimate of drug-likeness (QED) is 0.745. The average molecular weight is 298 g/mol. The minimum Gasteiger partial charge on any atom is -0.432 e. The number of hydrogen-bond acceptors (Lipinski definition) is 5. The molecule has 2 aromatic rings. The molecule has 114 valence electrons. The lowest BCUT2D eigenvalue weighted by Gasteiger charge is -2.23. The number of amides is 1. The van der Waals surface area contributed by atoms with Crippen LogP contribution in [0.1, 0.15) is 23.5 Å². The van der Waals surface area contributed by atoms with E-state index in [0.29, 0.717) is 23.4 Å². The molecule has 3 unspecified atom stereocenters. The van der Waals surface area contributed by atoms with Gasteiger partial charge in [-0.25, -0.2) is 4.98 Å². The fraction of sp³-hybridized carbons (Fsp3) is 0.375. The summed E-state index contributed by atoms with van der Waals surface area (Å²) in [6.07, 6.45) is 3.74. The number of nitrogens with two attached hydrogens (primary N) is 1. The van der Waals surface area contributed by atoms with Crippen molar-refractivity contribution in [2.24, 2.45) is 5.92 Å². The minimum absolute atomic E-state index is 0.0974. The van der Waals surface area contributed by atoms with Crippen molar-refractivity contribution in [3.05, 3.63) is 36.4 Å². The predicted molar refractivity (Wildman–Crippen MR) is 82.1 cm³/mol. The van der Waals surface area contributed by atoms with Crippen molar-refractivity contribution in [1.82, 2.24) is 15.6 Å². The number of anilines is 1. The maximum Gasteiger partial charge on any atom is 0.307 e. The molecule has 3 atom stereocenters. The Morgan fingerprint density at radius 3 is 3.05 bits per heavy atom. The number of rotatable bonds is 3. The molecular formula is C16H18N4O2. The van der Waals surface area contributed by atoms with Gasteiger partial charge in [0.2, 0.25) is 0 Å². The van der Waals surface area contributed by atoms with Crippen molar-refractivity contribution in [2.45, 2.75) is 24.9 Å². The van der Waals surface area contributed by atoms with E-state index in [2.05, 4.69) is 15.6 Å². The SMILES string of the molecule is Nc1cccc(-c2cnc(C(=O)NC3CC4CNC3C4)o2)c1. The second-order valence-corrected chi connectivity index (χ2v) is 6.09. The molecular weight excluding hydrogens is 280 g/mol. The van der Waals surface area contributed by atoms with Crippen LogP contribution in [0, 0.1) is 5.92 Å². The highest BCUT2D eigenvalue weighted by Gasteiger charge is 2.40. The maximum atomic E-state index is 12.3. The van der Waals surface area contributed by atoms with E-state index < -0.39 is 0 Å². The molecule has 4 N–H and O–H groups in total. The Labute approximate surface area is 128 Å². The third kappa shape index (κ3) is 2.35. The Kier molecular flexibility index (Phi) is 3.11. The molecule has 1 saturated carbocycles. The van der Waals surface area contributed by atoms with Crippen LogP contribution < -0.4 is 16.4 Å². The summed E-state index contributed by atoms with van der Waals surface area (Å²) in [6.45, 7) is 1.07. The molecule has 22 heavy (non-hydrogen) atoms. The average Bonchev–Trinajstić information content (AvgIpc) is 3.23.